The summed E-state index contributed by atoms with van der Waals surface area (Å²) in [5.41, 5.74) is 0. The lowest BCUT2D eigenvalue weighted by Gasteiger charge is -2.04. The predicted molar refractivity (Wildman–Crippen MR) is 115 cm³/mol. The van der Waals surface area contributed by atoms with Gasteiger partial charge in [-0.2, -0.15) is 0 Å². The third-order valence-corrected chi connectivity index (χ3v) is 5.10. The first-order chi connectivity index (χ1) is 14.3. The van der Waals surface area contributed by atoms with Crippen LogP contribution in [0.25, 0.3) is 0 Å². The average molecular weight is 373 g/mol. The van der Waals surface area contributed by atoms with E-state index in [4.69, 9.17) is 10.6 Å². The normalized spacial score (nSPS) is 14.5. The summed E-state index contributed by atoms with van der Waals surface area (Å²) in [6.45, 7) is 2.27. The molecule has 0 amide bonds. The van der Waals surface area contributed by atoms with E-state index < -0.39 is 18.7 Å². The first kappa shape index (κ1) is 18.8. The largest absolute Gasteiger partial charge is 0.481 e. The molecule has 0 saturated heterocycles. The van der Waals surface area contributed by atoms with Crippen molar-refractivity contribution in [3.05, 3.63) is 0 Å². The molecule has 2 nitrogen and oxygen atoms in total. The van der Waals surface area contributed by atoms with Gasteiger partial charge < -0.3 is 5.11 Å². The second-order valence-corrected chi connectivity index (χ2v) is 7.72. The molecule has 26 heavy (non-hydrogen) atoms. The van der Waals surface area contributed by atoms with Crippen LogP contribution in [0.15, 0.2) is 0 Å². The number of carboxylic acid groups (broad SMARTS) is 1. The van der Waals surface area contributed by atoms with Crippen molar-refractivity contribution in [2.75, 3.05) is 0 Å². The van der Waals surface area contributed by atoms with Crippen molar-refractivity contribution < 1.29 is 15.4 Å². The fourth-order valence-corrected chi connectivity index (χ4v) is 3.43. The zero-order valence-corrected chi connectivity index (χ0v) is 17.5. The molecule has 0 atom stereocenters. The van der Waals surface area contributed by atoms with Gasteiger partial charge in [-0.1, -0.05) is 135 Å². The molecule has 0 unspecified atom stereocenters. The number of carbonyl (C=O) groups is 1. The van der Waals surface area contributed by atoms with Gasteiger partial charge in [-0.05, 0) is 6.37 Å². The van der Waals surface area contributed by atoms with Crippen LogP contribution in [0.4, 0.5) is 0 Å². The standard InChI is InChI=1S/C24H48O2/c1-2-3-4-5-6-7-8-9-10-11-12-13-14-15-16-17-18-19-20-21-22-23-24(25)26/h2-23H2,1H3,(H,25,26)/i22D2,23D2. The third-order valence-electron chi connectivity index (χ3n) is 5.10. The fourth-order valence-electron chi connectivity index (χ4n) is 3.43. The van der Waals surface area contributed by atoms with Gasteiger partial charge in [-0.15, -0.1) is 0 Å². The van der Waals surface area contributed by atoms with Crippen molar-refractivity contribution in [3.63, 3.8) is 0 Å². The summed E-state index contributed by atoms with van der Waals surface area (Å²) in [7, 11) is 0. The van der Waals surface area contributed by atoms with Gasteiger partial charge in [0.2, 0.25) is 0 Å². The van der Waals surface area contributed by atoms with Gasteiger partial charge in [-0.25, -0.2) is 0 Å². The van der Waals surface area contributed by atoms with E-state index in [-0.39, 0.29) is 6.42 Å². The first-order valence-electron chi connectivity index (χ1n) is 13.5. The molecule has 0 aliphatic carbocycles. The highest BCUT2D eigenvalue weighted by Gasteiger charge is 1.97. The van der Waals surface area contributed by atoms with Crippen molar-refractivity contribution in [2.24, 2.45) is 0 Å². The molecule has 0 bridgehead atoms. The minimum Gasteiger partial charge on any atom is -0.481 e. The Kier molecular flexibility index (Phi) is 16.3. The Hall–Kier alpha value is -0.530. The van der Waals surface area contributed by atoms with Crippen molar-refractivity contribution in [3.8, 4) is 0 Å². The van der Waals surface area contributed by atoms with Crippen LogP contribution in [-0.4, -0.2) is 11.1 Å². The van der Waals surface area contributed by atoms with Crippen molar-refractivity contribution in [1.29, 1.82) is 0 Å². The molecule has 0 rings (SSSR count). The van der Waals surface area contributed by atoms with Crippen LogP contribution in [0.3, 0.4) is 0 Å². The number of hydrogen-bond donors (Lipinski definition) is 1. The SMILES string of the molecule is [2H]C([2H])(CCCCCCCCCCCCCCCCCCCCC)C([2H])([2H])C(=O)O. The highest BCUT2D eigenvalue weighted by molar-refractivity contribution is 5.66. The summed E-state index contributed by atoms with van der Waals surface area (Å²) in [6.07, 6.45) is 18.8. The molecule has 0 aromatic heterocycles. The Labute approximate surface area is 170 Å². The Morgan fingerprint density at radius 3 is 1.12 bits per heavy atom. The number of carboxylic acids is 1. The van der Waals surface area contributed by atoms with Crippen LogP contribution < -0.4 is 0 Å². The van der Waals surface area contributed by atoms with E-state index in [0.29, 0.717) is 6.42 Å². The molecular weight excluding hydrogens is 320 g/mol. The number of unbranched alkanes of at least 4 members (excludes halogenated alkanes) is 18. The Morgan fingerprint density at radius 1 is 0.577 bits per heavy atom. The van der Waals surface area contributed by atoms with E-state index in [1.165, 1.54) is 96.3 Å². The van der Waals surface area contributed by atoms with Gasteiger partial charge in [0.1, 0.15) is 0 Å². The zero-order chi connectivity index (χ0) is 22.7. The molecule has 0 aliphatic heterocycles. The minimum atomic E-state index is -2.82. The maximum atomic E-state index is 10.9. The predicted octanol–water partition coefficient (Wildman–Crippen LogP) is 8.67. The maximum absolute atomic E-state index is 10.9. The Morgan fingerprint density at radius 2 is 0.846 bits per heavy atom. The van der Waals surface area contributed by atoms with Gasteiger partial charge in [0.05, 0.1) is 0 Å². The van der Waals surface area contributed by atoms with Gasteiger partial charge in [0.15, 0.2) is 0 Å². The Bertz CT molecular complexity index is 414. The molecule has 0 radical (unpaired) electrons. The molecule has 1 N–H and O–H groups in total. The van der Waals surface area contributed by atoms with E-state index in [2.05, 4.69) is 6.92 Å². The number of rotatable bonds is 22. The molecule has 0 heterocycles. The zero-order valence-electron chi connectivity index (χ0n) is 21.5. The van der Waals surface area contributed by atoms with E-state index in [1.54, 1.807) is 0 Å². The van der Waals surface area contributed by atoms with E-state index in [9.17, 15) is 4.79 Å². The van der Waals surface area contributed by atoms with Crippen LogP contribution in [0.2, 0.25) is 0 Å². The van der Waals surface area contributed by atoms with Crippen molar-refractivity contribution >= 4 is 5.97 Å². The topological polar surface area (TPSA) is 37.3 Å². The van der Waals surface area contributed by atoms with Crippen molar-refractivity contribution in [2.45, 2.75) is 148 Å². The summed E-state index contributed by atoms with van der Waals surface area (Å²) in [6, 6.07) is 0. The van der Waals surface area contributed by atoms with E-state index in [1.807, 2.05) is 0 Å². The molecule has 0 aromatic carbocycles. The lowest BCUT2D eigenvalue weighted by atomic mass is 10.0. The quantitative estimate of drug-likeness (QED) is 0.193. The van der Waals surface area contributed by atoms with Crippen molar-refractivity contribution in [1.82, 2.24) is 0 Å². The molecular formula is C24H48O2. The molecule has 156 valence electrons. The van der Waals surface area contributed by atoms with Crippen LogP contribution >= 0.6 is 0 Å². The summed E-state index contributed by atoms with van der Waals surface area (Å²) in [5.74, 6) is -1.72. The van der Waals surface area contributed by atoms with Gasteiger partial charge in [0.25, 0.3) is 0 Å². The Balaban J connectivity index is 3.33. The number of hydrogen-bond acceptors (Lipinski definition) is 1. The molecule has 0 aromatic rings. The highest BCUT2D eigenvalue weighted by atomic mass is 16.4. The lowest BCUT2D eigenvalue weighted by Crippen LogP contribution is -1.93. The maximum Gasteiger partial charge on any atom is 0.303 e. The van der Waals surface area contributed by atoms with Gasteiger partial charge in [0, 0.05) is 11.9 Å². The van der Waals surface area contributed by atoms with E-state index in [0.717, 1.165) is 19.3 Å². The molecule has 0 spiro atoms. The second kappa shape index (κ2) is 22.5. The number of aliphatic carboxylic acids is 1. The van der Waals surface area contributed by atoms with E-state index >= 15 is 0 Å². The van der Waals surface area contributed by atoms with Crippen LogP contribution in [0.1, 0.15) is 154 Å². The highest BCUT2D eigenvalue weighted by Crippen LogP contribution is 2.15. The summed E-state index contributed by atoms with van der Waals surface area (Å²) in [4.78, 5) is 10.9. The van der Waals surface area contributed by atoms with Gasteiger partial charge in [-0.3, -0.25) is 4.79 Å². The monoisotopic (exact) mass is 372 g/mol. The average Bonchev–Trinajstić information content (AvgIpc) is 2.69. The second-order valence-electron chi connectivity index (χ2n) is 7.72. The molecule has 2 heteroatoms. The smallest absolute Gasteiger partial charge is 0.303 e. The minimum absolute atomic E-state index is 0.0366. The molecule has 0 fully saturated rings. The summed E-state index contributed by atoms with van der Waals surface area (Å²) < 4.78 is 30.1. The fraction of sp³-hybridized carbons (Fsp3) is 0.958. The van der Waals surface area contributed by atoms with Crippen LogP contribution in [0.5, 0.6) is 0 Å². The lowest BCUT2D eigenvalue weighted by molar-refractivity contribution is -0.137. The van der Waals surface area contributed by atoms with Crippen LogP contribution in [-0.2, 0) is 4.79 Å². The first-order valence-corrected chi connectivity index (χ1v) is 11.5. The summed E-state index contributed by atoms with van der Waals surface area (Å²) in [5, 5.41) is 8.82. The van der Waals surface area contributed by atoms with Crippen LogP contribution in [0, 0.1) is 0 Å². The summed E-state index contributed by atoms with van der Waals surface area (Å²) >= 11 is 0. The molecule has 0 aliphatic rings. The third kappa shape index (κ3) is 23.5. The molecule has 0 saturated carbocycles. The van der Waals surface area contributed by atoms with Gasteiger partial charge >= 0.3 is 5.97 Å².